The zero-order chi connectivity index (χ0) is 28.4. The van der Waals surface area contributed by atoms with Crippen LogP contribution in [-0.2, 0) is 11.2 Å². The monoisotopic (exact) mass is 554 g/mol. The second-order valence-corrected chi connectivity index (χ2v) is 9.59. The number of anilines is 1. The molecular weight excluding hydrogens is 529 g/mol. The molecule has 1 unspecified atom stereocenters. The van der Waals surface area contributed by atoms with Crippen molar-refractivity contribution in [1.82, 2.24) is 25.3 Å². The number of aliphatic carboxylic acids is 1. The van der Waals surface area contributed by atoms with Crippen LogP contribution < -0.4 is 15.8 Å². The number of carbonyl (C=O) groups is 2. The minimum atomic E-state index is -5.08. The van der Waals surface area contributed by atoms with Crippen molar-refractivity contribution in [3.8, 4) is 17.0 Å². The number of fused-ring (bicyclic) bond motifs is 2. The summed E-state index contributed by atoms with van der Waals surface area (Å²) in [6, 6.07) is 13.8. The molecule has 40 heavy (non-hydrogen) atoms. The summed E-state index contributed by atoms with van der Waals surface area (Å²) in [5, 5.41) is 10.2. The number of aromatic nitrogens is 4. The molecule has 2 aromatic carbocycles. The summed E-state index contributed by atoms with van der Waals surface area (Å²) < 4.78 is 37.8. The van der Waals surface area contributed by atoms with E-state index in [2.05, 4.69) is 20.3 Å². The van der Waals surface area contributed by atoms with Gasteiger partial charge in [0.1, 0.15) is 11.6 Å². The number of carbonyl (C=O) groups excluding carboxylic acids is 1. The van der Waals surface area contributed by atoms with Crippen LogP contribution in [0.5, 0.6) is 5.75 Å². The van der Waals surface area contributed by atoms with E-state index in [9.17, 15) is 18.0 Å². The van der Waals surface area contributed by atoms with Crippen LogP contribution in [0.1, 0.15) is 46.9 Å². The fourth-order valence-electron chi connectivity index (χ4n) is 4.45. The molecule has 0 saturated heterocycles. The highest BCUT2D eigenvalue weighted by molar-refractivity contribution is 5.95. The summed E-state index contributed by atoms with van der Waals surface area (Å²) in [4.78, 5) is 38.0. The van der Waals surface area contributed by atoms with Gasteiger partial charge in [0.2, 0.25) is 5.95 Å². The first kappa shape index (κ1) is 26.9. The maximum Gasteiger partial charge on any atom is 0.490 e. The predicted molar refractivity (Wildman–Crippen MR) is 139 cm³/mol. The van der Waals surface area contributed by atoms with Gasteiger partial charge < -0.3 is 25.9 Å². The van der Waals surface area contributed by atoms with Gasteiger partial charge in [-0.15, -0.1) is 0 Å². The van der Waals surface area contributed by atoms with Gasteiger partial charge in [-0.05, 0) is 67.6 Å². The number of carboxylic acids is 1. The van der Waals surface area contributed by atoms with E-state index < -0.39 is 12.1 Å². The van der Waals surface area contributed by atoms with E-state index >= 15 is 0 Å². The molecule has 208 valence electrons. The van der Waals surface area contributed by atoms with Crippen LogP contribution >= 0.6 is 0 Å². The van der Waals surface area contributed by atoms with Gasteiger partial charge in [0.15, 0.2) is 0 Å². The Morgan fingerprint density at radius 2 is 1.88 bits per heavy atom. The number of nitrogens with two attached hydrogens (primary N) is 1. The number of nitrogen functional groups attached to an aromatic ring is 1. The van der Waals surface area contributed by atoms with Gasteiger partial charge in [0.25, 0.3) is 5.91 Å². The van der Waals surface area contributed by atoms with Gasteiger partial charge in [0.05, 0.1) is 29.3 Å². The number of hydrogen-bond acceptors (Lipinski definition) is 7. The Balaban J connectivity index is 0.000000411. The highest BCUT2D eigenvalue weighted by atomic mass is 19.4. The predicted octanol–water partition coefficient (Wildman–Crippen LogP) is 4.24. The van der Waals surface area contributed by atoms with Gasteiger partial charge in [-0.1, -0.05) is 6.07 Å². The molecule has 1 aliphatic carbocycles. The second kappa shape index (κ2) is 10.8. The number of alkyl halides is 3. The molecule has 1 aliphatic heterocycles. The van der Waals surface area contributed by atoms with Crippen LogP contribution in [0.3, 0.4) is 0 Å². The Morgan fingerprint density at radius 1 is 1.10 bits per heavy atom. The molecule has 0 spiro atoms. The number of carboxylic acid groups (broad SMARTS) is 1. The van der Waals surface area contributed by atoms with Gasteiger partial charge in [0, 0.05) is 23.4 Å². The number of imidazole rings is 1. The lowest BCUT2D eigenvalue weighted by molar-refractivity contribution is -0.192. The molecule has 0 radical (unpaired) electrons. The first-order chi connectivity index (χ1) is 19.1. The number of rotatable bonds is 4. The van der Waals surface area contributed by atoms with E-state index in [1.165, 1.54) is 6.42 Å². The van der Waals surface area contributed by atoms with Crippen molar-refractivity contribution >= 4 is 28.9 Å². The maximum absolute atomic E-state index is 12.6. The van der Waals surface area contributed by atoms with E-state index in [-0.39, 0.29) is 17.8 Å². The molecule has 3 heterocycles. The zero-order valence-corrected chi connectivity index (χ0v) is 21.0. The number of nitrogens with one attached hydrogen (secondary N) is 2. The number of nitrogens with zero attached hydrogens (tertiary/aromatic N) is 3. The van der Waals surface area contributed by atoms with Gasteiger partial charge in [-0.25, -0.2) is 19.7 Å². The number of H-pyrrole nitrogens is 1. The molecule has 10 nitrogen and oxygen atoms in total. The molecule has 2 aromatic heterocycles. The van der Waals surface area contributed by atoms with Crippen molar-refractivity contribution in [2.75, 3.05) is 12.3 Å². The van der Waals surface area contributed by atoms with Crippen molar-refractivity contribution in [3.63, 3.8) is 0 Å². The Morgan fingerprint density at radius 3 is 2.55 bits per heavy atom. The Labute approximate surface area is 225 Å². The van der Waals surface area contributed by atoms with E-state index in [1.807, 2.05) is 42.5 Å². The Kier molecular flexibility index (Phi) is 7.28. The van der Waals surface area contributed by atoms with Crippen molar-refractivity contribution in [3.05, 3.63) is 65.6 Å². The molecule has 1 fully saturated rings. The molecule has 5 N–H and O–H groups in total. The highest BCUT2D eigenvalue weighted by Gasteiger charge is 2.38. The lowest BCUT2D eigenvalue weighted by atomic mass is 9.92. The van der Waals surface area contributed by atoms with E-state index in [4.69, 9.17) is 25.4 Å². The highest BCUT2D eigenvalue weighted by Crippen LogP contribution is 2.33. The minimum absolute atomic E-state index is 0.00810. The Bertz CT molecular complexity index is 1570. The third-order valence-corrected chi connectivity index (χ3v) is 6.77. The van der Waals surface area contributed by atoms with Crippen molar-refractivity contribution in [1.29, 1.82) is 0 Å². The van der Waals surface area contributed by atoms with Crippen LogP contribution in [0, 0.1) is 0 Å². The first-order valence-electron chi connectivity index (χ1n) is 12.5. The lowest BCUT2D eigenvalue weighted by Crippen LogP contribution is -2.39. The first-order valence-corrected chi connectivity index (χ1v) is 12.5. The summed E-state index contributed by atoms with van der Waals surface area (Å²) in [6.45, 7) is 0.537. The summed E-state index contributed by atoms with van der Waals surface area (Å²) in [6.07, 6.45) is 0.657. The largest absolute Gasteiger partial charge is 0.493 e. The van der Waals surface area contributed by atoms with E-state index in [0.717, 1.165) is 58.7 Å². The number of aromatic amines is 1. The van der Waals surface area contributed by atoms with E-state index in [0.29, 0.717) is 18.2 Å². The van der Waals surface area contributed by atoms with Crippen molar-refractivity contribution in [2.45, 2.75) is 43.8 Å². The summed E-state index contributed by atoms with van der Waals surface area (Å²) in [5.41, 5.74) is 11.0. The molecule has 2 aliphatic rings. The average Bonchev–Trinajstić information content (AvgIpc) is 3.33. The van der Waals surface area contributed by atoms with Gasteiger partial charge in [-0.2, -0.15) is 13.2 Å². The van der Waals surface area contributed by atoms with Crippen LogP contribution in [0.15, 0.2) is 48.7 Å². The quantitative estimate of drug-likeness (QED) is 0.292. The average molecular weight is 555 g/mol. The van der Waals surface area contributed by atoms with Gasteiger partial charge >= 0.3 is 12.1 Å². The van der Waals surface area contributed by atoms with Crippen molar-refractivity contribution in [2.24, 2.45) is 0 Å². The van der Waals surface area contributed by atoms with Gasteiger partial charge in [-0.3, -0.25) is 4.79 Å². The SMILES string of the molecule is Nc1nccc(-c2ccc3nc(C4COc5ccc(C(=O)NC6CCC6)cc5C4)[nH]c3c2)n1.O=C(O)C(F)(F)F. The molecule has 6 rings (SSSR count). The summed E-state index contributed by atoms with van der Waals surface area (Å²) >= 11 is 0. The molecule has 0 bridgehead atoms. The lowest BCUT2D eigenvalue weighted by Gasteiger charge is -2.27. The summed E-state index contributed by atoms with van der Waals surface area (Å²) in [5.74, 6) is -0.728. The van der Waals surface area contributed by atoms with Crippen LogP contribution in [0.4, 0.5) is 19.1 Å². The second-order valence-electron chi connectivity index (χ2n) is 9.59. The smallest absolute Gasteiger partial charge is 0.490 e. The maximum atomic E-state index is 12.6. The molecule has 1 atom stereocenters. The number of ether oxygens (including phenoxy) is 1. The van der Waals surface area contributed by atoms with Crippen LogP contribution in [0.2, 0.25) is 0 Å². The third kappa shape index (κ3) is 5.98. The third-order valence-electron chi connectivity index (χ3n) is 6.77. The van der Waals surface area contributed by atoms with Crippen LogP contribution in [0.25, 0.3) is 22.3 Å². The van der Waals surface area contributed by atoms with Crippen LogP contribution in [-0.4, -0.2) is 55.7 Å². The number of amides is 1. The number of hydrogen-bond donors (Lipinski definition) is 4. The molecule has 1 amide bonds. The summed E-state index contributed by atoms with van der Waals surface area (Å²) in [7, 11) is 0. The molecule has 4 aromatic rings. The number of benzene rings is 2. The van der Waals surface area contributed by atoms with Crippen molar-refractivity contribution < 1.29 is 32.6 Å². The minimum Gasteiger partial charge on any atom is -0.493 e. The van der Waals surface area contributed by atoms with E-state index in [1.54, 1.807) is 6.20 Å². The normalized spacial score (nSPS) is 16.6. The standard InChI is InChI=1S/C25H24N6O2.C2HF3O2/c26-25-27-9-8-19(31-25)14-4-6-20-21(12-14)30-23(29-20)17-11-16-10-15(5-7-22(16)33-13-17)24(32)28-18-2-1-3-18;3-2(4,5)1(6)7/h4-10,12,17-18H,1-3,11,13H2,(H,28,32)(H,29,30)(H2,26,27,31);(H,6,7). The number of halogens is 3. The Hall–Kier alpha value is -4.68. The fraction of sp³-hybridized carbons (Fsp3) is 0.296. The zero-order valence-electron chi connectivity index (χ0n) is 21.0. The molecule has 13 heteroatoms. The topological polar surface area (TPSA) is 156 Å². The molecular formula is C27H25F3N6O4. The fourth-order valence-corrected chi connectivity index (χ4v) is 4.45. The molecule has 1 saturated carbocycles.